The fourth-order valence-corrected chi connectivity index (χ4v) is 2.47. The van der Waals surface area contributed by atoms with Crippen LogP contribution in [0.25, 0.3) is 0 Å². The molecule has 1 aromatic rings. The van der Waals surface area contributed by atoms with Crippen molar-refractivity contribution in [2.24, 2.45) is 0 Å². The predicted octanol–water partition coefficient (Wildman–Crippen LogP) is 0.874. The van der Waals surface area contributed by atoms with Gasteiger partial charge in [-0.1, -0.05) is 0 Å². The lowest BCUT2D eigenvalue weighted by Crippen LogP contribution is -2.37. The molecule has 9 nitrogen and oxygen atoms in total. The maximum Gasteiger partial charge on any atom is 0.323 e. The Kier molecular flexibility index (Phi) is 4.43. The molecule has 1 amide bonds. The van der Waals surface area contributed by atoms with Gasteiger partial charge in [0.25, 0.3) is 0 Å². The van der Waals surface area contributed by atoms with Crippen molar-refractivity contribution in [3.05, 3.63) is 21.5 Å². The zero-order chi connectivity index (χ0) is 16.4. The summed E-state index contributed by atoms with van der Waals surface area (Å²) in [6, 6.07) is 0.0124. The molecule has 1 saturated carbocycles. The normalized spacial score (nSPS) is 13.9. The second kappa shape index (κ2) is 6.12. The van der Waals surface area contributed by atoms with Gasteiger partial charge in [0.1, 0.15) is 17.9 Å². The summed E-state index contributed by atoms with van der Waals surface area (Å²) in [5.74, 6) is -1.30. The van der Waals surface area contributed by atoms with Gasteiger partial charge in [-0.2, -0.15) is 5.10 Å². The average Bonchev–Trinajstić information content (AvgIpc) is 3.19. The van der Waals surface area contributed by atoms with Gasteiger partial charge in [-0.25, -0.2) is 0 Å². The first-order chi connectivity index (χ1) is 10.3. The van der Waals surface area contributed by atoms with Gasteiger partial charge in [-0.3, -0.25) is 24.4 Å². The molecule has 120 valence electrons. The third-order valence-corrected chi connectivity index (χ3v) is 3.68. The van der Waals surface area contributed by atoms with Gasteiger partial charge in [0.05, 0.1) is 11.5 Å². The van der Waals surface area contributed by atoms with Crippen LogP contribution in [0.5, 0.6) is 0 Å². The highest BCUT2D eigenvalue weighted by molar-refractivity contribution is 5.81. The number of aromatic nitrogens is 2. The zero-order valence-corrected chi connectivity index (χ0v) is 12.5. The van der Waals surface area contributed by atoms with E-state index >= 15 is 0 Å². The van der Waals surface area contributed by atoms with E-state index in [1.54, 1.807) is 13.8 Å². The number of carbonyl (C=O) groups is 2. The summed E-state index contributed by atoms with van der Waals surface area (Å²) >= 11 is 0. The quantitative estimate of drug-likeness (QED) is 0.589. The highest BCUT2D eigenvalue weighted by Gasteiger charge is 2.33. The molecular weight excluding hydrogens is 292 g/mol. The number of carboxylic acid groups (broad SMARTS) is 1. The number of nitrogens with zero attached hydrogens (tertiary/aromatic N) is 4. The van der Waals surface area contributed by atoms with E-state index in [1.807, 2.05) is 0 Å². The Morgan fingerprint density at radius 3 is 2.55 bits per heavy atom. The molecule has 0 radical (unpaired) electrons. The second-order valence-electron chi connectivity index (χ2n) is 5.40. The number of hydrogen-bond acceptors (Lipinski definition) is 5. The summed E-state index contributed by atoms with van der Waals surface area (Å²) in [4.78, 5) is 34.8. The van der Waals surface area contributed by atoms with E-state index in [0.717, 1.165) is 12.8 Å². The molecule has 0 atom stereocenters. The van der Waals surface area contributed by atoms with Crippen molar-refractivity contribution in [1.82, 2.24) is 14.7 Å². The van der Waals surface area contributed by atoms with Crippen LogP contribution in [0.15, 0.2) is 0 Å². The number of amides is 1. The van der Waals surface area contributed by atoms with E-state index in [-0.39, 0.29) is 37.1 Å². The lowest BCUT2D eigenvalue weighted by atomic mass is 10.3. The molecule has 1 aliphatic rings. The monoisotopic (exact) mass is 310 g/mol. The van der Waals surface area contributed by atoms with Crippen molar-refractivity contribution in [1.29, 1.82) is 0 Å². The molecule has 0 aromatic carbocycles. The van der Waals surface area contributed by atoms with E-state index in [1.165, 1.54) is 9.58 Å². The van der Waals surface area contributed by atoms with Gasteiger partial charge in [0, 0.05) is 12.5 Å². The fraction of sp³-hybridized carbons (Fsp3) is 0.615. The summed E-state index contributed by atoms with van der Waals surface area (Å²) in [6.07, 6.45) is 1.72. The number of carboxylic acids is 1. The van der Waals surface area contributed by atoms with Gasteiger partial charge in [-0.15, -0.1) is 0 Å². The van der Waals surface area contributed by atoms with E-state index in [4.69, 9.17) is 5.11 Å². The Balaban J connectivity index is 2.03. The van der Waals surface area contributed by atoms with Crippen molar-refractivity contribution in [2.75, 3.05) is 6.54 Å². The third kappa shape index (κ3) is 3.41. The van der Waals surface area contributed by atoms with E-state index < -0.39 is 10.9 Å². The summed E-state index contributed by atoms with van der Waals surface area (Å²) in [5, 5.41) is 23.9. The van der Waals surface area contributed by atoms with Gasteiger partial charge in [0.15, 0.2) is 0 Å². The topological polar surface area (TPSA) is 119 Å². The standard InChI is InChI=1S/C13H18N4O5/c1-8-13(17(21)22)9(2)16(14-8)6-5-11(18)15(7-12(19)20)10-3-4-10/h10H,3-7H2,1-2H3,(H,19,20). The molecule has 1 N–H and O–H groups in total. The van der Waals surface area contributed by atoms with Gasteiger partial charge in [0.2, 0.25) is 5.91 Å². The number of aryl methyl sites for hydroxylation is 2. The van der Waals surface area contributed by atoms with E-state index in [0.29, 0.717) is 11.4 Å². The molecule has 0 spiro atoms. The number of carbonyl (C=O) groups excluding carboxylic acids is 1. The van der Waals surface area contributed by atoms with Crippen molar-refractivity contribution in [3.63, 3.8) is 0 Å². The molecule has 0 saturated heterocycles. The van der Waals surface area contributed by atoms with Crippen molar-refractivity contribution >= 4 is 17.6 Å². The Labute approximate surface area is 126 Å². The summed E-state index contributed by atoms with van der Waals surface area (Å²) in [7, 11) is 0. The Bertz CT molecular complexity index is 620. The molecule has 0 bridgehead atoms. The molecule has 2 rings (SSSR count). The molecule has 0 aliphatic heterocycles. The van der Waals surface area contributed by atoms with E-state index in [9.17, 15) is 19.7 Å². The Morgan fingerprint density at radius 1 is 1.45 bits per heavy atom. The number of aliphatic carboxylic acids is 1. The first-order valence-electron chi connectivity index (χ1n) is 7.01. The van der Waals surface area contributed by atoms with Crippen LogP contribution in [0, 0.1) is 24.0 Å². The minimum atomic E-state index is -1.04. The van der Waals surface area contributed by atoms with Crippen LogP contribution in [-0.4, -0.2) is 49.2 Å². The van der Waals surface area contributed by atoms with Crippen molar-refractivity contribution in [2.45, 2.75) is 45.7 Å². The summed E-state index contributed by atoms with van der Waals surface area (Å²) in [5.41, 5.74) is 0.656. The lowest BCUT2D eigenvalue weighted by Gasteiger charge is -2.20. The molecular formula is C13H18N4O5. The SMILES string of the molecule is Cc1nn(CCC(=O)N(CC(=O)O)C2CC2)c(C)c1[N+](=O)[O-]. The minimum Gasteiger partial charge on any atom is -0.480 e. The fourth-order valence-electron chi connectivity index (χ4n) is 2.47. The second-order valence-corrected chi connectivity index (χ2v) is 5.40. The lowest BCUT2D eigenvalue weighted by molar-refractivity contribution is -0.386. The van der Waals surface area contributed by atoms with Crippen LogP contribution in [0.1, 0.15) is 30.7 Å². The largest absolute Gasteiger partial charge is 0.480 e. The molecule has 9 heteroatoms. The molecule has 1 aliphatic carbocycles. The molecule has 1 aromatic heterocycles. The predicted molar refractivity (Wildman–Crippen MR) is 75.3 cm³/mol. The Morgan fingerprint density at radius 2 is 2.09 bits per heavy atom. The van der Waals surface area contributed by atoms with Gasteiger partial charge < -0.3 is 10.0 Å². The van der Waals surface area contributed by atoms with Gasteiger partial charge in [-0.05, 0) is 26.7 Å². The van der Waals surface area contributed by atoms with Crippen LogP contribution in [-0.2, 0) is 16.1 Å². The zero-order valence-electron chi connectivity index (χ0n) is 12.5. The first kappa shape index (κ1) is 15.9. The molecule has 1 fully saturated rings. The van der Waals surface area contributed by atoms with Crippen LogP contribution < -0.4 is 0 Å². The van der Waals surface area contributed by atoms with Crippen molar-refractivity contribution in [3.8, 4) is 0 Å². The minimum absolute atomic E-state index is 0.0124. The average molecular weight is 310 g/mol. The van der Waals surface area contributed by atoms with Crippen LogP contribution >= 0.6 is 0 Å². The number of nitro groups is 1. The number of rotatable bonds is 7. The third-order valence-electron chi connectivity index (χ3n) is 3.68. The van der Waals surface area contributed by atoms with Crippen LogP contribution in [0.2, 0.25) is 0 Å². The maximum absolute atomic E-state index is 12.2. The van der Waals surface area contributed by atoms with Crippen LogP contribution in [0.4, 0.5) is 5.69 Å². The Hall–Kier alpha value is -2.45. The summed E-state index contributed by atoms with van der Waals surface area (Å²) in [6.45, 7) is 3.02. The van der Waals surface area contributed by atoms with Crippen LogP contribution in [0.3, 0.4) is 0 Å². The number of hydrogen-bond donors (Lipinski definition) is 1. The molecule has 1 heterocycles. The molecule has 22 heavy (non-hydrogen) atoms. The van der Waals surface area contributed by atoms with Crippen molar-refractivity contribution < 1.29 is 19.6 Å². The maximum atomic E-state index is 12.2. The molecule has 0 unspecified atom stereocenters. The summed E-state index contributed by atoms with van der Waals surface area (Å²) < 4.78 is 1.43. The van der Waals surface area contributed by atoms with E-state index in [2.05, 4.69) is 5.10 Å². The smallest absolute Gasteiger partial charge is 0.323 e. The highest BCUT2D eigenvalue weighted by atomic mass is 16.6. The first-order valence-corrected chi connectivity index (χ1v) is 7.01. The van der Waals surface area contributed by atoms with Gasteiger partial charge >= 0.3 is 11.7 Å². The highest BCUT2D eigenvalue weighted by Crippen LogP contribution is 2.27.